The molecule has 0 spiro atoms. The van der Waals surface area contributed by atoms with Gasteiger partial charge in [0.2, 0.25) is 5.91 Å². The maximum Gasteiger partial charge on any atom is 0.237 e. The predicted molar refractivity (Wildman–Crippen MR) is 74.8 cm³/mol. The Labute approximate surface area is 114 Å². The molecule has 4 nitrogen and oxygen atoms in total. The molecule has 1 aliphatic rings. The summed E-state index contributed by atoms with van der Waals surface area (Å²) >= 11 is 0. The van der Waals surface area contributed by atoms with Gasteiger partial charge in [0.1, 0.15) is 0 Å². The van der Waals surface area contributed by atoms with Gasteiger partial charge in [0.25, 0.3) is 0 Å². The fourth-order valence-electron chi connectivity index (χ4n) is 2.36. The molecule has 1 aromatic carbocycles. The molecule has 2 rings (SSSR count). The van der Waals surface area contributed by atoms with Crippen LogP contribution in [0.3, 0.4) is 0 Å². The second-order valence-electron chi connectivity index (χ2n) is 5.28. The fraction of sp³-hybridized carbons (Fsp3) is 0.533. The zero-order valence-corrected chi connectivity index (χ0v) is 11.3. The third-order valence-corrected chi connectivity index (χ3v) is 3.52. The molecular formula is C15H22N2O2. The summed E-state index contributed by atoms with van der Waals surface area (Å²) in [6, 6.07) is 10.2. The van der Waals surface area contributed by atoms with Gasteiger partial charge in [0, 0.05) is 12.6 Å². The molecule has 0 saturated carbocycles. The Morgan fingerprint density at radius 2 is 2.21 bits per heavy atom. The minimum atomic E-state index is -0.393. The van der Waals surface area contributed by atoms with Crippen LogP contribution in [0.25, 0.3) is 0 Å². The minimum absolute atomic E-state index is 0.00267. The van der Waals surface area contributed by atoms with Crippen LogP contribution in [-0.2, 0) is 11.2 Å². The molecule has 0 bridgehead atoms. The van der Waals surface area contributed by atoms with E-state index in [1.165, 1.54) is 5.56 Å². The summed E-state index contributed by atoms with van der Waals surface area (Å²) in [7, 11) is 0. The number of hydrogen-bond acceptors (Lipinski definition) is 3. The number of carbonyl (C=O) groups is 1. The van der Waals surface area contributed by atoms with Crippen LogP contribution in [0.15, 0.2) is 30.3 Å². The van der Waals surface area contributed by atoms with E-state index < -0.39 is 6.10 Å². The lowest BCUT2D eigenvalue weighted by Crippen LogP contribution is -2.44. The second-order valence-corrected chi connectivity index (χ2v) is 5.28. The third-order valence-electron chi connectivity index (χ3n) is 3.52. The Morgan fingerprint density at radius 3 is 2.84 bits per heavy atom. The molecule has 1 amide bonds. The van der Waals surface area contributed by atoms with Crippen LogP contribution in [0, 0.1) is 0 Å². The normalized spacial score (nSPS) is 24.1. The molecule has 1 heterocycles. The van der Waals surface area contributed by atoms with E-state index in [2.05, 4.69) is 22.8 Å². The van der Waals surface area contributed by atoms with Crippen LogP contribution in [0.1, 0.15) is 25.3 Å². The van der Waals surface area contributed by atoms with Crippen molar-refractivity contribution >= 4 is 5.91 Å². The molecule has 1 aromatic rings. The quantitative estimate of drug-likeness (QED) is 0.737. The molecule has 3 atom stereocenters. The summed E-state index contributed by atoms with van der Waals surface area (Å²) < 4.78 is 0. The molecule has 4 heteroatoms. The summed E-state index contributed by atoms with van der Waals surface area (Å²) in [4.78, 5) is 11.9. The summed E-state index contributed by atoms with van der Waals surface area (Å²) in [5.74, 6) is -0.00267. The van der Waals surface area contributed by atoms with Gasteiger partial charge in [-0.2, -0.15) is 0 Å². The first-order chi connectivity index (χ1) is 9.15. The summed E-state index contributed by atoms with van der Waals surface area (Å²) in [5.41, 5.74) is 1.29. The van der Waals surface area contributed by atoms with E-state index in [-0.39, 0.29) is 18.0 Å². The number of β-amino-alcohol motifs (C(OH)–C–C–N with tert-alkyl or cyclic N) is 1. The van der Waals surface area contributed by atoms with Crippen molar-refractivity contribution in [1.29, 1.82) is 0 Å². The van der Waals surface area contributed by atoms with E-state index >= 15 is 0 Å². The summed E-state index contributed by atoms with van der Waals surface area (Å²) in [6.07, 6.45) is 2.00. The van der Waals surface area contributed by atoms with Crippen molar-refractivity contribution in [2.24, 2.45) is 0 Å². The zero-order valence-electron chi connectivity index (χ0n) is 11.3. The fourth-order valence-corrected chi connectivity index (χ4v) is 2.36. The highest BCUT2D eigenvalue weighted by molar-refractivity contribution is 5.82. The number of rotatable bonds is 5. The van der Waals surface area contributed by atoms with Gasteiger partial charge < -0.3 is 15.7 Å². The zero-order chi connectivity index (χ0) is 13.7. The summed E-state index contributed by atoms with van der Waals surface area (Å²) in [5, 5.41) is 15.4. The first kappa shape index (κ1) is 14.0. The lowest BCUT2D eigenvalue weighted by atomic mass is 10.1. The summed E-state index contributed by atoms with van der Waals surface area (Å²) in [6.45, 7) is 2.53. The second kappa shape index (κ2) is 6.68. The topological polar surface area (TPSA) is 61.4 Å². The molecule has 19 heavy (non-hydrogen) atoms. The number of hydrogen-bond donors (Lipinski definition) is 3. The number of nitrogens with one attached hydrogen (secondary N) is 2. The molecule has 0 aliphatic carbocycles. The minimum Gasteiger partial charge on any atom is -0.392 e. The standard InChI is InChI=1S/C15H22N2O2/c1-11(7-8-12-5-3-2-4-6-12)17-15(19)14-9-13(18)10-16-14/h2-6,11,13-14,16,18H,7-10H2,1H3,(H,17,19). The van der Waals surface area contributed by atoms with E-state index in [4.69, 9.17) is 0 Å². The molecule has 104 valence electrons. The van der Waals surface area contributed by atoms with Gasteiger partial charge in [-0.1, -0.05) is 30.3 Å². The van der Waals surface area contributed by atoms with Crippen LogP contribution >= 0.6 is 0 Å². The molecule has 3 N–H and O–H groups in total. The van der Waals surface area contributed by atoms with Crippen LogP contribution in [0.5, 0.6) is 0 Å². The highest BCUT2D eigenvalue weighted by atomic mass is 16.3. The Bertz CT molecular complexity index is 408. The first-order valence-corrected chi connectivity index (χ1v) is 6.91. The SMILES string of the molecule is CC(CCc1ccccc1)NC(=O)C1CC(O)CN1. The Balaban J connectivity index is 1.72. The molecular weight excluding hydrogens is 240 g/mol. The number of aryl methyl sites for hydroxylation is 1. The van der Waals surface area contributed by atoms with Crippen molar-refractivity contribution in [2.75, 3.05) is 6.54 Å². The van der Waals surface area contributed by atoms with Gasteiger partial charge in [0.05, 0.1) is 12.1 Å². The van der Waals surface area contributed by atoms with Crippen LogP contribution < -0.4 is 10.6 Å². The largest absolute Gasteiger partial charge is 0.392 e. The highest BCUT2D eigenvalue weighted by Crippen LogP contribution is 2.08. The number of aliphatic hydroxyl groups is 1. The van der Waals surface area contributed by atoms with Crippen molar-refractivity contribution in [1.82, 2.24) is 10.6 Å². The third kappa shape index (κ3) is 4.33. The Hall–Kier alpha value is -1.39. The van der Waals surface area contributed by atoms with E-state index in [0.717, 1.165) is 12.8 Å². The lowest BCUT2D eigenvalue weighted by molar-refractivity contribution is -0.123. The van der Waals surface area contributed by atoms with Crippen molar-refractivity contribution in [2.45, 2.75) is 44.4 Å². The number of carbonyl (C=O) groups excluding carboxylic acids is 1. The molecule has 0 radical (unpaired) electrons. The first-order valence-electron chi connectivity index (χ1n) is 6.91. The van der Waals surface area contributed by atoms with Gasteiger partial charge >= 0.3 is 0 Å². The monoisotopic (exact) mass is 262 g/mol. The molecule has 3 unspecified atom stereocenters. The van der Waals surface area contributed by atoms with Crippen molar-refractivity contribution < 1.29 is 9.90 Å². The van der Waals surface area contributed by atoms with Crippen LogP contribution in [-0.4, -0.2) is 35.7 Å². The van der Waals surface area contributed by atoms with Crippen LogP contribution in [0.2, 0.25) is 0 Å². The maximum atomic E-state index is 11.9. The average Bonchev–Trinajstić information content (AvgIpc) is 2.84. The highest BCUT2D eigenvalue weighted by Gasteiger charge is 2.28. The van der Waals surface area contributed by atoms with Crippen molar-refractivity contribution in [3.63, 3.8) is 0 Å². The molecule has 1 fully saturated rings. The lowest BCUT2D eigenvalue weighted by Gasteiger charge is -2.17. The van der Waals surface area contributed by atoms with Crippen LogP contribution in [0.4, 0.5) is 0 Å². The van der Waals surface area contributed by atoms with E-state index in [0.29, 0.717) is 13.0 Å². The van der Waals surface area contributed by atoms with E-state index in [1.807, 2.05) is 25.1 Å². The van der Waals surface area contributed by atoms with Gasteiger partial charge in [-0.3, -0.25) is 4.79 Å². The number of amides is 1. The smallest absolute Gasteiger partial charge is 0.237 e. The average molecular weight is 262 g/mol. The Morgan fingerprint density at radius 1 is 1.47 bits per heavy atom. The number of aliphatic hydroxyl groups excluding tert-OH is 1. The van der Waals surface area contributed by atoms with E-state index in [1.54, 1.807) is 0 Å². The van der Waals surface area contributed by atoms with Gasteiger partial charge in [-0.05, 0) is 31.7 Å². The van der Waals surface area contributed by atoms with Crippen molar-refractivity contribution in [3.05, 3.63) is 35.9 Å². The van der Waals surface area contributed by atoms with Gasteiger partial charge in [-0.15, -0.1) is 0 Å². The molecule has 0 aromatic heterocycles. The van der Waals surface area contributed by atoms with Gasteiger partial charge in [-0.25, -0.2) is 0 Å². The van der Waals surface area contributed by atoms with Gasteiger partial charge in [0.15, 0.2) is 0 Å². The van der Waals surface area contributed by atoms with Crippen molar-refractivity contribution in [3.8, 4) is 0 Å². The Kier molecular flexibility index (Phi) is 4.93. The van der Waals surface area contributed by atoms with E-state index in [9.17, 15) is 9.90 Å². The maximum absolute atomic E-state index is 11.9. The number of benzene rings is 1. The predicted octanol–water partition coefficient (Wildman–Crippen LogP) is 0.847. The molecule has 1 saturated heterocycles. The molecule has 1 aliphatic heterocycles.